The van der Waals surface area contributed by atoms with Gasteiger partial charge in [0.15, 0.2) is 0 Å². The largest absolute Gasteiger partial charge is 0.321 e. The number of carbonyl (C=O) groups is 1. The molecule has 2 rings (SSSR count). The van der Waals surface area contributed by atoms with E-state index in [4.69, 9.17) is 11.6 Å². The first-order valence-corrected chi connectivity index (χ1v) is 8.50. The van der Waals surface area contributed by atoms with Crippen LogP contribution in [0.15, 0.2) is 30.3 Å². The number of halogens is 3. The molecule has 0 saturated carbocycles. The second kappa shape index (κ2) is 7.42. The van der Waals surface area contributed by atoms with Crippen LogP contribution < -0.4 is 5.32 Å². The summed E-state index contributed by atoms with van der Waals surface area (Å²) >= 11 is 8.20. The molecule has 0 radical (unpaired) electrons. The number of hydrogen-bond acceptors (Lipinski definition) is 1. The van der Waals surface area contributed by atoms with Gasteiger partial charge in [0.1, 0.15) is 5.82 Å². The molecule has 0 heterocycles. The van der Waals surface area contributed by atoms with Crippen molar-refractivity contribution >= 4 is 45.8 Å². The molecule has 0 unspecified atom stereocenters. The summed E-state index contributed by atoms with van der Waals surface area (Å²) in [6.45, 7) is 4.03. The number of benzene rings is 2. The molecule has 0 saturated heterocycles. The smallest absolute Gasteiger partial charge is 0.256 e. The van der Waals surface area contributed by atoms with Crippen LogP contribution in [0.3, 0.4) is 0 Å². The molecule has 0 aliphatic carbocycles. The van der Waals surface area contributed by atoms with Crippen LogP contribution in [0.25, 0.3) is 0 Å². The summed E-state index contributed by atoms with van der Waals surface area (Å²) in [4.78, 5) is 12.5. The fourth-order valence-corrected chi connectivity index (χ4v) is 3.33. The molecular weight excluding hydrogens is 416 g/mol. The summed E-state index contributed by atoms with van der Waals surface area (Å²) in [5.74, 6) is -0.608. The first-order valence-electron chi connectivity index (χ1n) is 7.04. The Bertz CT molecular complexity index is 718. The van der Waals surface area contributed by atoms with Gasteiger partial charge < -0.3 is 5.32 Å². The Hall–Kier alpha value is -1.14. The van der Waals surface area contributed by atoms with Gasteiger partial charge in [0, 0.05) is 14.3 Å². The minimum Gasteiger partial charge on any atom is -0.321 e. The lowest BCUT2D eigenvalue weighted by molar-refractivity contribution is 0.102. The van der Waals surface area contributed by atoms with Crippen molar-refractivity contribution in [3.05, 3.63) is 61.4 Å². The zero-order chi connectivity index (χ0) is 16.3. The number of nitrogens with one attached hydrogen (secondary N) is 1. The molecular formula is C17H16ClFINO. The van der Waals surface area contributed by atoms with Gasteiger partial charge in [0.2, 0.25) is 0 Å². The topological polar surface area (TPSA) is 29.1 Å². The van der Waals surface area contributed by atoms with Gasteiger partial charge in [-0.3, -0.25) is 4.79 Å². The van der Waals surface area contributed by atoms with E-state index in [9.17, 15) is 9.18 Å². The van der Waals surface area contributed by atoms with Crippen molar-refractivity contribution in [2.45, 2.75) is 26.7 Å². The van der Waals surface area contributed by atoms with E-state index >= 15 is 0 Å². The zero-order valence-corrected chi connectivity index (χ0v) is 15.3. The molecule has 0 aliphatic rings. The third-order valence-electron chi connectivity index (χ3n) is 3.49. The standard InChI is InChI=1S/C17H16ClFINO/c1-3-10-5-8-14(18)12(4-2)16(10)21-17(22)13-7-6-11(19)9-15(13)20/h5-9H,3-4H2,1-2H3,(H,21,22). The highest BCUT2D eigenvalue weighted by atomic mass is 127. The van der Waals surface area contributed by atoms with Gasteiger partial charge in [-0.1, -0.05) is 31.5 Å². The minimum absolute atomic E-state index is 0.254. The summed E-state index contributed by atoms with van der Waals surface area (Å²) in [5.41, 5.74) is 3.17. The SMILES string of the molecule is CCc1ccc(Cl)c(CC)c1NC(=O)c1ccc(F)cc1I. The maximum atomic E-state index is 13.2. The number of aryl methyl sites for hydroxylation is 1. The molecule has 0 atom stereocenters. The minimum atomic E-state index is -0.354. The summed E-state index contributed by atoms with van der Waals surface area (Å²) in [6.07, 6.45) is 1.52. The third kappa shape index (κ3) is 3.60. The fraction of sp³-hybridized carbons (Fsp3) is 0.235. The Morgan fingerprint density at radius 1 is 1.23 bits per heavy atom. The van der Waals surface area contributed by atoms with E-state index in [2.05, 4.69) is 5.32 Å². The molecule has 0 spiro atoms. The van der Waals surface area contributed by atoms with Gasteiger partial charge >= 0.3 is 0 Å². The maximum absolute atomic E-state index is 13.2. The highest BCUT2D eigenvalue weighted by Gasteiger charge is 2.16. The van der Waals surface area contributed by atoms with Gasteiger partial charge in [-0.25, -0.2) is 4.39 Å². The monoisotopic (exact) mass is 431 g/mol. The molecule has 2 nitrogen and oxygen atoms in total. The van der Waals surface area contributed by atoms with E-state index in [1.165, 1.54) is 18.2 Å². The summed E-state index contributed by atoms with van der Waals surface area (Å²) in [5, 5.41) is 3.59. The number of anilines is 1. The van der Waals surface area contributed by atoms with Crippen molar-refractivity contribution in [1.29, 1.82) is 0 Å². The van der Waals surface area contributed by atoms with Crippen molar-refractivity contribution < 1.29 is 9.18 Å². The molecule has 0 aliphatic heterocycles. The van der Waals surface area contributed by atoms with Crippen LogP contribution in [0.4, 0.5) is 10.1 Å². The number of rotatable bonds is 4. The average molecular weight is 432 g/mol. The highest BCUT2D eigenvalue weighted by Crippen LogP contribution is 2.30. The van der Waals surface area contributed by atoms with E-state index in [-0.39, 0.29) is 11.7 Å². The summed E-state index contributed by atoms with van der Waals surface area (Å²) < 4.78 is 13.8. The van der Waals surface area contributed by atoms with E-state index < -0.39 is 0 Å². The van der Waals surface area contributed by atoms with Crippen LogP contribution in [0, 0.1) is 9.39 Å². The fourth-order valence-electron chi connectivity index (χ4n) is 2.32. The number of amides is 1. The predicted molar refractivity (Wildman–Crippen MR) is 97.3 cm³/mol. The Morgan fingerprint density at radius 3 is 2.55 bits per heavy atom. The van der Waals surface area contributed by atoms with Crippen molar-refractivity contribution in [3.8, 4) is 0 Å². The summed E-state index contributed by atoms with van der Waals surface area (Å²) in [6, 6.07) is 7.91. The van der Waals surface area contributed by atoms with E-state index in [1.807, 2.05) is 48.6 Å². The second-order valence-corrected chi connectivity index (χ2v) is 6.41. The van der Waals surface area contributed by atoms with Crippen LogP contribution in [-0.4, -0.2) is 5.91 Å². The van der Waals surface area contributed by atoms with Crippen LogP contribution in [0.1, 0.15) is 35.3 Å². The third-order valence-corrected chi connectivity index (χ3v) is 4.74. The predicted octanol–water partition coefficient (Wildman–Crippen LogP) is 5.46. The van der Waals surface area contributed by atoms with E-state index in [0.29, 0.717) is 14.2 Å². The quantitative estimate of drug-likeness (QED) is 0.640. The molecule has 1 N–H and O–H groups in total. The lowest BCUT2D eigenvalue weighted by Gasteiger charge is -2.16. The number of carbonyl (C=O) groups excluding carboxylic acids is 1. The Morgan fingerprint density at radius 2 is 1.95 bits per heavy atom. The molecule has 5 heteroatoms. The Kier molecular flexibility index (Phi) is 5.81. The van der Waals surface area contributed by atoms with E-state index in [1.54, 1.807) is 0 Å². The first kappa shape index (κ1) is 17.2. The highest BCUT2D eigenvalue weighted by molar-refractivity contribution is 14.1. The molecule has 116 valence electrons. The van der Waals surface area contributed by atoms with Gasteiger partial charge in [0.05, 0.1) is 5.56 Å². The van der Waals surface area contributed by atoms with Gasteiger partial charge in [-0.05, 0) is 70.8 Å². The molecule has 2 aromatic carbocycles. The molecule has 22 heavy (non-hydrogen) atoms. The van der Waals surface area contributed by atoms with Crippen LogP contribution in [-0.2, 0) is 12.8 Å². The van der Waals surface area contributed by atoms with Crippen molar-refractivity contribution in [2.75, 3.05) is 5.32 Å². The van der Waals surface area contributed by atoms with Crippen molar-refractivity contribution in [2.24, 2.45) is 0 Å². The molecule has 2 aromatic rings. The molecule has 0 fully saturated rings. The van der Waals surface area contributed by atoms with Crippen molar-refractivity contribution in [3.63, 3.8) is 0 Å². The average Bonchev–Trinajstić information content (AvgIpc) is 2.47. The van der Waals surface area contributed by atoms with Gasteiger partial charge in [-0.15, -0.1) is 0 Å². The number of hydrogen-bond donors (Lipinski definition) is 1. The van der Waals surface area contributed by atoms with Gasteiger partial charge in [-0.2, -0.15) is 0 Å². The van der Waals surface area contributed by atoms with Crippen LogP contribution >= 0.6 is 34.2 Å². The maximum Gasteiger partial charge on any atom is 0.256 e. The zero-order valence-electron chi connectivity index (χ0n) is 12.3. The van der Waals surface area contributed by atoms with Crippen molar-refractivity contribution in [1.82, 2.24) is 0 Å². The van der Waals surface area contributed by atoms with Crippen LogP contribution in [0.2, 0.25) is 5.02 Å². The Labute approximate surface area is 148 Å². The van der Waals surface area contributed by atoms with Gasteiger partial charge in [0.25, 0.3) is 5.91 Å². The van der Waals surface area contributed by atoms with E-state index in [0.717, 1.165) is 29.7 Å². The lowest BCUT2D eigenvalue weighted by Crippen LogP contribution is -2.16. The molecule has 0 bridgehead atoms. The normalized spacial score (nSPS) is 10.6. The van der Waals surface area contributed by atoms with Crippen LogP contribution in [0.5, 0.6) is 0 Å². The first-order chi connectivity index (χ1) is 10.5. The molecule has 0 aromatic heterocycles. The summed E-state index contributed by atoms with van der Waals surface area (Å²) in [7, 11) is 0. The lowest BCUT2D eigenvalue weighted by atomic mass is 10.0. The Balaban J connectivity index is 2.41. The second-order valence-electron chi connectivity index (χ2n) is 4.85. The molecule has 1 amide bonds.